The van der Waals surface area contributed by atoms with Crippen molar-refractivity contribution in [3.05, 3.63) is 28.9 Å². The molecule has 8 heteroatoms. The number of hydrogen-bond donors (Lipinski definition) is 0. The van der Waals surface area contributed by atoms with Crippen LogP contribution in [0.2, 0.25) is 0 Å². The Morgan fingerprint density at radius 3 is 2.46 bits per heavy atom. The van der Waals surface area contributed by atoms with Gasteiger partial charge in [0.1, 0.15) is 23.0 Å². The topological polar surface area (TPSA) is 84.6 Å². The minimum absolute atomic E-state index is 0.0256. The van der Waals surface area contributed by atoms with Gasteiger partial charge in [0.25, 0.3) is 5.91 Å². The lowest BCUT2D eigenvalue weighted by atomic mass is 10.1. The first-order valence-electron chi connectivity index (χ1n) is 7.86. The van der Waals surface area contributed by atoms with Crippen LogP contribution < -0.4 is 9.64 Å². The fraction of sp³-hybridized carbons (Fsp3) is 0.500. The number of ether oxygens (including phenoxy) is 1. The van der Waals surface area contributed by atoms with Crippen LogP contribution >= 0.6 is 0 Å². The molecule has 0 unspecified atom stereocenters. The molecule has 2 aromatic heterocycles. The molecule has 0 saturated carbocycles. The lowest BCUT2D eigenvalue weighted by molar-refractivity contribution is 0.0744. The van der Waals surface area contributed by atoms with Crippen molar-refractivity contribution in [2.24, 2.45) is 0 Å². The van der Waals surface area contributed by atoms with Crippen molar-refractivity contribution in [3.63, 3.8) is 0 Å². The fourth-order valence-electron chi connectivity index (χ4n) is 2.88. The number of nitrogens with zero attached hydrogens (tertiary/aromatic N) is 5. The predicted octanol–water partition coefficient (Wildman–Crippen LogP) is 1.36. The monoisotopic (exact) mass is 331 g/mol. The molecule has 0 radical (unpaired) electrons. The maximum atomic E-state index is 12.7. The first-order chi connectivity index (χ1) is 11.5. The molecule has 24 heavy (non-hydrogen) atoms. The highest BCUT2D eigenvalue weighted by Crippen LogP contribution is 2.21. The number of aromatic nitrogens is 3. The third kappa shape index (κ3) is 3.04. The van der Waals surface area contributed by atoms with Gasteiger partial charge in [0, 0.05) is 32.2 Å². The smallest absolute Gasteiger partial charge is 0.259 e. The molecule has 0 aromatic carbocycles. The second kappa shape index (κ2) is 6.46. The lowest BCUT2D eigenvalue weighted by Gasteiger charge is -2.35. The summed E-state index contributed by atoms with van der Waals surface area (Å²) in [6, 6.07) is 1.82. The molecule has 3 heterocycles. The Bertz CT molecular complexity index is 731. The van der Waals surface area contributed by atoms with Gasteiger partial charge in [-0.3, -0.25) is 4.79 Å². The van der Waals surface area contributed by atoms with E-state index in [2.05, 4.69) is 20.0 Å². The van der Waals surface area contributed by atoms with E-state index in [1.807, 2.05) is 17.9 Å². The van der Waals surface area contributed by atoms with Gasteiger partial charge in [0.05, 0.1) is 12.8 Å². The first-order valence-corrected chi connectivity index (χ1v) is 7.86. The first kappa shape index (κ1) is 16.2. The second-order valence-electron chi connectivity index (χ2n) is 5.79. The Morgan fingerprint density at radius 1 is 1.17 bits per heavy atom. The van der Waals surface area contributed by atoms with Gasteiger partial charge < -0.3 is 19.1 Å². The second-order valence-corrected chi connectivity index (χ2v) is 5.79. The molecule has 0 N–H and O–H groups in total. The van der Waals surface area contributed by atoms with Crippen molar-refractivity contribution in [2.45, 2.75) is 20.8 Å². The molecule has 0 atom stereocenters. The summed E-state index contributed by atoms with van der Waals surface area (Å²) in [6.07, 6.45) is 0. The highest BCUT2D eigenvalue weighted by atomic mass is 16.5. The Hall–Kier alpha value is -2.64. The number of anilines is 1. The normalized spacial score (nSPS) is 14.8. The van der Waals surface area contributed by atoms with Crippen LogP contribution in [0.5, 0.6) is 5.88 Å². The molecular formula is C16H21N5O3. The van der Waals surface area contributed by atoms with Crippen LogP contribution in [0.15, 0.2) is 10.6 Å². The summed E-state index contributed by atoms with van der Waals surface area (Å²) in [5.41, 5.74) is 1.21. The van der Waals surface area contributed by atoms with Crippen molar-refractivity contribution >= 4 is 11.7 Å². The average molecular weight is 331 g/mol. The van der Waals surface area contributed by atoms with E-state index >= 15 is 0 Å². The van der Waals surface area contributed by atoms with Crippen molar-refractivity contribution < 1.29 is 14.1 Å². The van der Waals surface area contributed by atoms with E-state index in [1.54, 1.807) is 21.0 Å². The molecule has 3 rings (SSSR count). The average Bonchev–Trinajstić information content (AvgIpc) is 2.92. The number of carbonyl (C=O) groups is 1. The molecule has 8 nitrogen and oxygen atoms in total. The number of amides is 1. The third-order valence-electron chi connectivity index (χ3n) is 4.15. The molecule has 2 aromatic rings. The summed E-state index contributed by atoms with van der Waals surface area (Å²) in [6.45, 7) is 8.03. The maximum absolute atomic E-state index is 12.7. The summed E-state index contributed by atoms with van der Waals surface area (Å²) in [5, 5.41) is 3.86. The molecule has 1 aliphatic heterocycles. The van der Waals surface area contributed by atoms with Gasteiger partial charge in [-0.15, -0.1) is 0 Å². The number of aryl methyl sites for hydroxylation is 3. The van der Waals surface area contributed by atoms with E-state index < -0.39 is 0 Å². The van der Waals surface area contributed by atoms with E-state index in [0.717, 1.165) is 5.82 Å². The van der Waals surface area contributed by atoms with Crippen LogP contribution in [0.3, 0.4) is 0 Å². The van der Waals surface area contributed by atoms with Crippen LogP contribution in [0.4, 0.5) is 5.82 Å². The molecule has 1 fully saturated rings. The highest BCUT2D eigenvalue weighted by molar-refractivity contribution is 5.96. The van der Waals surface area contributed by atoms with Crippen LogP contribution in [0.25, 0.3) is 0 Å². The zero-order valence-corrected chi connectivity index (χ0v) is 14.4. The fourth-order valence-corrected chi connectivity index (χ4v) is 2.88. The van der Waals surface area contributed by atoms with E-state index in [1.165, 1.54) is 0 Å². The van der Waals surface area contributed by atoms with E-state index in [0.29, 0.717) is 54.9 Å². The van der Waals surface area contributed by atoms with Crippen molar-refractivity contribution in [3.8, 4) is 5.88 Å². The highest BCUT2D eigenvalue weighted by Gasteiger charge is 2.27. The van der Waals surface area contributed by atoms with E-state index in [4.69, 9.17) is 9.26 Å². The van der Waals surface area contributed by atoms with Crippen molar-refractivity contribution in [1.29, 1.82) is 0 Å². The molecule has 1 saturated heterocycles. The predicted molar refractivity (Wildman–Crippen MR) is 87.4 cm³/mol. The summed E-state index contributed by atoms with van der Waals surface area (Å²) < 4.78 is 10.3. The number of methoxy groups -OCH3 is 1. The van der Waals surface area contributed by atoms with Gasteiger partial charge >= 0.3 is 0 Å². The van der Waals surface area contributed by atoms with E-state index in [-0.39, 0.29) is 5.91 Å². The molecule has 0 aliphatic carbocycles. The number of carbonyl (C=O) groups excluding carboxylic acids is 1. The summed E-state index contributed by atoms with van der Waals surface area (Å²) >= 11 is 0. The Morgan fingerprint density at radius 2 is 1.88 bits per heavy atom. The summed E-state index contributed by atoms with van der Waals surface area (Å²) in [4.78, 5) is 25.3. The summed E-state index contributed by atoms with van der Waals surface area (Å²) in [5.74, 6) is 2.58. The molecule has 1 amide bonds. The Kier molecular flexibility index (Phi) is 4.37. The number of hydrogen-bond acceptors (Lipinski definition) is 7. The summed E-state index contributed by atoms with van der Waals surface area (Å²) in [7, 11) is 1.59. The van der Waals surface area contributed by atoms with Gasteiger partial charge in [-0.2, -0.15) is 4.98 Å². The van der Waals surface area contributed by atoms with Gasteiger partial charge in [-0.25, -0.2) is 4.98 Å². The molecular weight excluding hydrogens is 310 g/mol. The van der Waals surface area contributed by atoms with Crippen LogP contribution in [-0.2, 0) is 0 Å². The number of piperazine rings is 1. The van der Waals surface area contributed by atoms with Gasteiger partial charge in [0.15, 0.2) is 0 Å². The van der Waals surface area contributed by atoms with Crippen molar-refractivity contribution in [2.75, 3.05) is 38.2 Å². The quantitative estimate of drug-likeness (QED) is 0.839. The Labute approximate surface area is 140 Å². The van der Waals surface area contributed by atoms with Crippen LogP contribution in [0, 0.1) is 20.8 Å². The van der Waals surface area contributed by atoms with Gasteiger partial charge in [0.2, 0.25) is 5.88 Å². The SMILES string of the molecule is COc1cc(N2CCN(C(=O)c3c(C)noc3C)CC2)nc(C)n1. The minimum Gasteiger partial charge on any atom is -0.481 e. The van der Waals surface area contributed by atoms with E-state index in [9.17, 15) is 4.79 Å². The minimum atomic E-state index is -0.0256. The lowest BCUT2D eigenvalue weighted by Crippen LogP contribution is -2.49. The van der Waals surface area contributed by atoms with Crippen LogP contribution in [0.1, 0.15) is 27.6 Å². The molecule has 0 spiro atoms. The molecule has 0 bridgehead atoms. The zero-order valence-electron chi connectivity index (χ0n) is 14.4. The maximum Gasteiger partial charge on any atom is 0.259 e. The van der Waals surface area contributed by atoms with Gasteiger partial charge in [-0.1, -0.05) is 5.16 Å². The standard InChI is InChI=1S/C16H21N5O3/c1-10-15(11(2)24-19-10)16(22)21-7-5-20(6-8-21)13-9-14(23-4)18-12(3)17-13/h9H,5-8H2,1-4H3. The zero-order chi connectivity index (χ0) is 17.3. The third-order valence-corrected chi connectivity index (χ3v) is 4.15. The molecule has 1 aliphatic rings. The van der Waals surface area contributed by atoms with Crippen molar-refractivity contribution in [1.82, 2.24) is 20.0 Å². The molecule has 128 valence electrons. The Balaban J connectivity index is 1.70. The van der Waals surface area contributed by atoms with Crippen LogP contribution in [-0.4, -0.2) is 59.2 Å². The van der Waals surface area contributed by atoms with Gasteiger partial charge in [-0.05, 0) is 20.8 Å². The number of rotatable bonds is 3. The largest absolute Gasteiger partial charge is 0.481 e.